The first kappa shape index (κ1) is 11.5. The quantitative estimate of drug-likeness (QED) is 0.696. The molecule has 0 aromatic carbocycles. The van der Waals surface area contributed by atoms with E-state index < -0.39 is 0 Å². The third-order valence-corrected chi connectivity index (χ3v) is 2.89. The molecule has 2 unspecified atom stereocenters. The Morgan fingerprint density at radius 1 is 1.50 bits per heavy atom. The predicted molar refractivity (Wildman–Crippen MR) is 55.7 cm³/mol. The highest BCUT2D eigenvalue weighted by Crippen LogP contribution is 2.19. The van der Waals surface area contributed by atoms with Crippen LogP contribution >= 0.6 is 0 Å². The summed E-state index contributed by atoms with van der Waals surface area (Å²) in [5, 5.41) is 18.1. The van der Waals surface area contributed by atoms with Gasteiger partial charge in [0.2, 0.25) is 0 Å². The van der Waals surface area contributed by atoms with Crippen molar-refractivity contribution < 1.29 is 5.11 Å². The average Bonchev–Trinajstić information content (AvgIpc) is 2.32. The number of nitrogens with zero attached hydrogens (tertiary/aromatic N) is 2. The number of aliphatic hydroxyl groups is 1. The zero-order chi connectivity index (χ0) is 10.4. The molecule has 0 radical (unpaired) electrons. The Bertz CT molecular complexity index is 198. The van der Waals surface area contributed by atoms with Crippen LogP contribution in [0.1, 0.15) is 39.0 Å². The molecule has 1 saturated heterocycles. The van der Waals surface area contributed by atoms with Crippen LogP contribution in [0.15, 0.2) is 0 Å². The third kappa shape index (κ3) is 3.65. The molecule has 1 aliphatic rings. The summed E-state index contributed by atoms with van der Waals surface area (Å²) in [6, 6.07) is 2.63. The normalized spacial score (nSPS) is 26.5. The minimum atomic E-state index is -0.251. The number of aliphatic hydroxyl groups excluding tert-OH is 1. The van der Waals surface area contributed by atoms with Gasteiger partial charge in [-0.25, -0.2) is 0 Å². The van der Waals surface area contributed by atoms with Crippen LogP contribution in [0.4, 0.5) is 0 Å². The lowest BCUT2D eigenvalue weighted by atomic mass is 10.0. The summed E-state index contributed by atoms with van der Waals surface area (Å²) in [6.45, 7) is 3.36. The van der Waals surface area contributed by atoms with Gasteiger partial charge < -0.3 is 5.11 Å². The Balaban J connectivity index is 2.50. The molecule has 0 bridgehead atoms. The van der Waals surface area contributed by atoms with Gasteiger partial charge in [0.1, 0.15) is 0 Å². The van der Waals surface area contributed by atoms with Crippen molar-refractivity contribution in [1.82, 2.24) is 4.90 Å². The molecule has 0 aromatic heterocycles. The number of likely N-dealkylation sites (tertiary alicyclic amines) is 1. The summed E-state index contributed by atoms with van der Waals surface area (Å²) >= 11 is 0. The number of nitriles is 1. The van der Waals surface area contributed by atoms with Crippen molar-refractivity contribution in [3.63, 3.8) is 0 Å². The molecule has 3 heteroatoms. The Kier molecular flexibility index (Phi) is 4.92. The van der Waals surface area contributed by atoms with E-state index in [0.717, 1.165) is 19.4 Å². The van der Waals surface area contributed by atoms with E-state index in [-0.39, 0.29) is 6.10 Å². The maximum atomic E-state index is 9.37. The molecule has 2 atom stereocenters. The maximum Gasteiger partial charge on any atom is 0.0868 e. The third-order valence-electron chi connectivity index (χ3n) is 2.89. The van der Waals surface area contributed by atoms with Gasteiger partial charge in [0, 0.05) is 6.04 Å². The fourth-order valence-electron chi connectivity index (χ4n) is 2.20. The van der Waals surface area contributed by atoms with Crippen LogP contribution in [0.3, 0.4) is 0 Å². The molecule has 0 aromatic rings. The molecule has 0 saturated carbocycles. The molecule has 1 aliphatic heterocycles. The summed E-state index contributed by atoms with van der Waals surface area (Å²) in [4.78, 5) is 2.22. The van der Waals surface area contributed by atoms with Gasteiger partial charge in [0.15, 0.2) is 0 Å². The monoisotopic (exact) mass is 196 g/mol. The first-order chi connectivity index (χ1) is 6.74. The van der Waals surface area contributed by atoms with Crippen molar-refractivity contribution in [2.45, 2.75) is 51.2 Å². The Morgan fingerprint density at radius 2 is 2.29 bits per heavy atom. The van der Waals surface area contributed by atoms with Crippen molar-refractivity contribution in [3.05, 3.63) is 0 Å². The average molecular weight is 196 g/mol. The highest BCUT2D eigenvalue weighted by Gasteiger charge is 2.21. The molecular weight excluding hydrogens is 176 g/mol. The molecule has 1 heterocycles. The van der Waals surface area contributed by atoms with E-state index >= 15 is 0 Å². The van der Waals surface area contributed by atoms with E-state index in [1.807, 2.05) is 6.92 Å². The van der Waals surface area contributed by atoms with Gasteiger partial charge in [0.05, 0.1) is 18.7 Å². The number of hydrogen-bond donors (Lipinski definition) is 1. The SMILES string of the molecule is CC(O)CC1CCCCCN1CC#N. The Hall–Kier alpha value is -0.590. The van der Waals surface area contributed by atoms with E-state index in [2.05, 4.69) is 11.0 Å². The van der Waals surface area contributed by atoms with Crippen LogP contribution in [0.25, 0.3) is 0 Å². The fourth-order valence-corrected chi connectivity index (χ4v) is 2.20. The van der Waals surface area contributed by atoms with Gasteiger partial charge >= 0.3 is 0 Å². The van der Waals surface area contributed by atoms with E-state index in [1.165, 1.54) is 19.3 Å². The van der Waals surface area contributed by atoms with Gasteiger partial charge in [0.25, 0.3) is 0 Å². The molecule has 1 N–H and O–H groups in total. The predicted octanol–water partition coefficient (Wildman–Crippen LogP) is 1.53. The standard InChI is InChI=1S/C11H20N2O/c1-10(14)9-11-5-3-2-4-7-13(11)8-6-12/h10-11,14H,2-5,7-9H2,1H3. The molecule has 80 valence electrons. The lowest BCUT2D eigenvalue weighted by molar-refractivity contribution is 0.120. The van der Waals surface area contributed by atoms with Crippen molar-refractivity contribution in [2.24, 2.45) is 0 Å². The molecule has 0 amide bonds. The fraction of sp³-hybridized carbons (Fsp3) is 0.909. The smallest absolute Gasteiger partial charge is 0.0868 e. The first-order valence-corrected chi connectivity index (χ1v) is 5.53. The lowest BCUT2D eigenvalue weighted by Gasteiger charge is -2.28. The van der Waals surface area contributed by atoms with Crippen LogP contribution in [0.2, 0.25) is 0 Å². The second kappa shape index (κ2) is 6.00. The second-order valence-electron chi connectivity index (χ2n) is 4.22. The van der Waals surface area contributed by atoms with Crippen LogP contribution in [0.5, 0.6) is 0 Å². The van der Waals surface area contributed by atoms with Crippen LogP contribution < -0.4 is 0 Å². The van der Waals surface area contributed by atoms with Crippen molar-refractivity contribution in [2.75, 3.05) is 13.1 Å². The number of hydrogen-bond acceptors (Lipinski definition) is 3. The molecule has 0 spiro atoms. The largest absolute Gasteiger partial charge is 0.393 e. The molecular formula is C11H20N2O. The first-order valence-electron chi connectivity index (χ1n) is 5.53. The molecule has 3 nitrogen and oxygen atoms in total. The lowest BCUT2D eigenvalue weighted by Crippen LogP contribution is -2.37. The van der Waals surface area contributed by atoms with Crippen molar-refractivity contribution in [3.8, 4) is 6.07 Å². The van der Waals surface area contributed by atoms with Gasteiger partial charge in [-0.2, -0.15) is 5.26 Å². The molecule has 14 heavy (non-hydrogen) atoms. The van der Waals surface area contributed by atoms with Crippen molar-refractivity contribution >= 4 is 0 Å². The molecule has 1 fully saturated rings. The summed E-state index contributed by atoms with van der Waals surface area (Å²) < 4.78 is 0. The highest BCUT2D eigenvalue weighted by atomic mass is 16.3. The second-order valence-corrected chi connectivity index (χ2v) is 4.22. The summed E-state index contributed by atoms with van der Waals surface area (Å²) in [5.74, 6) is 0. The summed E-state index contributed by atoms with van der Waals surface area (Å²) in [6.07, 6.45) is 5.38. The van der Waals surface area contributed by atoms with E-state index in [4.69, 9.17) is 5.26 Å². The maximum absolute atomic E-state index is 9.37. The Labute approximate surface area is 86.3 Å². The van der Waals surface area contributed by atoms with E-state index in [9.17, 15) is 5.11 Å². The molecule has 1 rings (SSSR count). The zero-order valence-electron chi connectivity index (χ0n) is 8.95. The van der Waals surface area contributed by atoms with Gasteiger partial charge in [-0.3, -0.25) is 4.90 Å². The Morgan fingerprint density at radius 3 is 2.93 bits per heavy atom. The zero-order valence-corrected chi connectivity index (χ0v) is 8.95. The van der Waals surface area contributed by atoms with E-state index in [0.29, 0.717) is 12.6 Å². The van der Waals surface area contributed by atoms with Gasteiger partial charge in [-0.15, -0.1) is 0 Å². The summed E-state index contributed by atoms with van der Waals surface area (Å²) in [5.41, 5.74) is 0. The minimum absolute atomic E-state index is 0.251. The van der Waals surface area contributed by atoms with Crippen molar-refractivity contribution in [1.29, 1.82) is 5.26 Å². The summed E-state index contributed by atoms with van der Waals surface area (Å²) in [7, 11) is 0. The topological polar surface area (TPSA) is 47.3 Å². The highest BCUT2D eigenvalue weighted by molar-refractivity contribution is 4.84. The van der Waals surface area contributed by atoms with Crippen LogP contribution in [-0.4, -0.2) is 35.2 Å². The van der Waals surface area contributed by atoms with Gasteiger partial charge in [-0.1, -0.05) is 12.8 Å². The van der Waals surface area contributed by atoms with Crippen LogP contribution in [-0.2, 0) is 0 Å². The number of rotatable bonds is 3. The van der Waals surface area contributed by atoms with Crippen LogP contribution in [0, 0.1) is 11.3 Å². The minimum Gasteiger partial charge on any atom is -0.393 e. The van der Waals surface area contributed by atoms with Gasteiger partial charge in [-0.05, 0) is 32.7 Å². The van der Waals surface area contributed by atoms with E-state index in [1.54, 1.807) is 0 Å². The molecule has 0 aliphatic carbocycles.